The normalized spacial score (nSPS) is 21.0. The molecule has 2 heteroatoms. The first-order chi connectivity index (χ1) is 4.09. The maximum atomic E-state index is 5.67. The van der Waals surface area contributed by atoms with Gasteiger partial charge in [-0.3, -0.25) is 0 Å². The third-order valence-corrected chi connectivity index (χ3v) is 1.82. The van der Waals surface area contributed by atoms with Crippen LogP contribution in [0.3, 0.4) is 0 Å². The molecule has 0 spiro atoms. The second kappa shape index (κ2) is 3.85. The zero-order valence-electron chi connectivity index (χ0n) is 6.59. The Kier molecular flexibility index (Phi) is 3.82. The van der Waals surface area contributed by atoms with E-state index in [0.29, 0.717) is 5.92 Å². The largest absolute Gasteiger partial charge is 0.328 e. The summed E-state index contributed by atoms with van der Waals surface area (Å²) in [5, 5.41) is 0. The summed E-state index contributed by atoms with van der Waals surface area (Å²) >= 11 is 0. The van der Waals surface area contributed by atoms with E-state index in [4.69, 9.17) is 11.5 Å². The fourth-order valence-corrected chi connectivity index (χ4v) is 1.22. The molecule has 0 aromatic rings. The van der Waals surface area contributed by atoms with Crippen LogP contribution in [0.2, 0.25) is 0 Å². The minimum absolute atomic E-state index is 0.231. The fourth-order valence-electron chi connectivity index (χ4n) is 1.22. The molecular weight excluding hydrogens is 112 g/mol. The van der Waals surface area contributed by atoms with Gasteiger partial charge in [0.2, 0.25) is 0 Å². The van der Waals surface area contributed by atoms with Crippen LogP contribution in [0.1, 0.15) is 27.2 Å². The van der Waals surface area contributed by atoms with Gasteiger partial charge in [0.05, 0.1) is 0 Å². The highest BCUT2D eigenvalue weighted by molar-refractivity contribution is 4.74. The molecule has 0 aliphatic heterocycles. The van der Waals surface area contributed by atoms with Gasteiger partial charge in [0, 0.05) is 12.1 Å². The van der Waals surface area contributed by atoms with Crippen molar-refractivity contribution in [3.8, 4) is 0 Å². The number of hydrogen-bond acceptors (Lipinski definition) is 2. The van der Waals surface area contributed by atoms with Gasteiger partial charge in [-0.1, -0.05) is 13.3 Å². The van der Waals surface area contributed by atoms with Crippen LogP contribution >= 0.6 is 0 Å². The summed E-state index contributed by atoms with van der Waals surface area (Å²) in [5.41, 5.74) is 11.3. The van der Waals surface area contributed by atoms with Crippen molar-refractivity contribution in [1.82, 2.24) is 0 Å². The van der Waals surface area contributed by atoms with Gasteiger partial charge in [-0.2, -0.15) is 0 Å². The van der Waals surface area contributed by atoms with Gasteiger partial charge in [-0.15, -0.1) is 0 Å². The second-order valence-electron chi connectivity index (χ2n) is 2.79. The maximum absolute atomic E-state index is 5.67. The molecule has 0 radical (unpaired) electrons. The zero-order chi connectivity index (χ0) is 7.44. The molecule has 0 saturated carbocycles. The Morgan fingerprint density at radius 3 is 1.44 bits per heavy atom. The summed E-state index contributed by atoms with van der Waals surface area (Å²) in [6.45, 7) is 6.15. The topological polar surface area (TPSA) is 52.0 Å². The van der Waals surface area contributed by atoms with Crippen LogP contribution in [0.5, 0.6) is 0 Å². The first kappa shape index (κ1) is 8.92. The van der Waals surface area contributed by atoms with Gasteiger partial charge in [-0.05, 0) is 19.8 Å². The second-order valence-corrected chi connectivity index (χ2v) is 2.79. The van der Waals surface area contributed by atoms with Crippen molar-refractivity contribution in [1.29, 1.82) is 0 Å². The first-order valence-electron chi connectivity index (χ1n) is 3.60. The average molecular weight is 130 g/mol. The highest BCUT2D eigenvalue weighted by Gasteiger charge is 2.14. The highest BCUT2D eigenvalue weighted by atomic mass is 14.7. The molecule has 0 bridgehead atoms. The van der Waals surface area contributed by atoms with Crippen LogP contribution in [0.25, 0.3) is 0 Å². The maximum Gasteiger partial charge on any atom is 0.00533 e. The molecule has 0 saturated heterocycles. The molecule has 0 fully saturated rings. The van der Waals surface area contributed by atoms with Gasteiger partial charge in [0.1, 0.15) is 0 Å². The van der Waals surface area contributed by atoms with Gasteiger partial charge in [-0.25, -0.2) is 0 Å². The lowest BCUT2D eigenvalue weighted by Gasteiger charge is -2.22. The Balaban J connectivity index is 3.68. The molecule has 0 aromatic carbocycles. The molecule has 0 heterocycles. The highest BCUT2D eigenvalue weighted by Crippen LogP contribution is 2.09. The number of hydrogen-bond donors (Lipinski definition) is 2. The molecule has 2 nitrogen and oxygen atoms in total. The van der Waals surface area contributed by atoms with Crippen molar-refractivity contribution < 1.29 is 0 Å². The molecule has 0 amide bonds. The summed E-state index contributed by atoms with van der Waals surface area (Å²) in [4.78, 5) is 0. The quantitative estimate of drug-likeness (QED) is 0.591. The lowest BCUT2D eigenvalue weighted by molar-refractivity contribution is 0.370. The van der Waals surface area contributed by atoms with Crippen LogP contribution in [0.4, 0.5) is 0 Å². The summed E-state index contributed by atoms with van der Waals surface area (Å²) < 4.78 is 0. The van der Waals surface area contributed by atoms with E-state index < -0.39 is 0 Å². The lowest BCUT2D eigenvalue weighted by atomic mass is 9.92. The molecule has 3 atom stereocenters. The molecular formula is C7H18N2. The van der Waals surface area contributed by atoms with Gasteiger partial charge >= 0.3 is 0 Å². The van der Waals surface area contributed by atoms with Gasteiger partial charge in [0.15, 0.2) is 0 Å². The van der Waals surface area contributed by atoms with Crippen molar-refractivity contribution in [3.05, 3.63) is 0 Å². The van der Waals surface area contributed by atoms with Crippen molar-refractivity contribution in [2.24, 2.45) is 17.4 Å². The Bertz CT molecular complexity index is 61.3. The van der Waals surface area contributed by atoms with Crippen molar-refractivity contribution in [2.45, 2.75) is 39.3 Å². The van der Waals surface area contributed by atoms with Crippen LogP contribution in [0.15, 0.2) is 0 Å². The van der Waals surface area contributed by atoms with Gasteiger partial charge in [0.25, 0.3) is 0 Å². The smallest absolute Gasteiger partial charge is 0.00533 e. The SMILES string of the molecule is CCC(C(C)N)[C@@H](C)N. The molecule has 4 N–H and O–H groups in total. The molecule has 0 aliphatic rings. The van der Waals surface area contributed by atoms with Crippen molar-refractivity contribution in [3.63, 3.8) is 0 Å². The molecule has 0 aromatic heterocycles. The third-order valence-electron chi connectivity index (χ3n) is 1.82. The Labute approximate surface area is 57.6 Å². The Morgan fingerprint density at radius 2 is 1.44 bits per heavy atom. The molecule has 0 rings (SSSR count). The molecule has 2 unspecified atom stereocenters. The monoisotopic (exact) mass is 130 g/mol. The van der Waals surface area contributed by atoms with Crippen molar-refractivity contribution in [2.75, 3.05) is 0 Å². The summed E-state index contributed by atoms with van der Waals surface area (Å²) in [7, 11) is 0. The molecule has 0 aliphatic carbocycles. The van der Waals surface area contributed by atoms with E-state index in [1.807, 2.05) is 13.8 Å². The van der Waals surface area contributed by atoms with E-state index >= 15 is 0 Å². The van der Waals surface area contributed by atoms with Gasteiger partial charge < -0.3 is 11.5 Å². The van der Waals surface area contributed by atoms with Crippen LogP contribution in [0, 0.1) is 5.92 Å². The first-order valence-corrected chi connectivity index (χ1v) is 3.60. The summed E-state index contributed by atoms with van der Waals surface area (Å²) in [6, 6.07) is 0.463. The average Bonchev–Trinajstić information content (AvgIpc) is 1.64. The van der Waals surface area contributed by atoms with E-state index in [2.05, 4.69) is 6.92 Å². The molecule has 9 heavy (non-hydrogen) atoms. The van der Waals surface area contributed by atoms with Crippen LogP contribution in [-0.4, -0.2) is 12.1 Å². The predicted octanol–water partition coefficient (Wildman–Crippen LogP) is 0.707. The number of rotatable bonds is 3. The lowest BCUT2D eigenvalue weighted by Crippen LogP contribution is -2.38. The van der Waals surface area contributed by atoms with Crippen LogP contribution in [-0.2, 0) is 0 Å². The van der Waals surface area contributed by atoms with E-state index in [1.54, 1.807) is 0 Å². The van der Waals surface area contributed by atoms with E-state index in [-0.39, 0.29) is 12.1 Å². The number of nitrogens with two attached hydrogens (primary N) is 2. The van der Waals surface area contributed by atoms with E-state index in [1.165, 1.54) is 0 Å². The molecule has 56 valence electrons. The van der Waals surface area contributed by atoms with E-state index in [0.717, 1.165) is 6.42 Å². The Hall–Kier alpha value is -0.0800. The minimum atomic E-state index is 0.231. The van der Waals surface area contributed by atoms with E-state index in [9.17, 15) is 0 Å². The summed E-state index contributed by atoms with van der Waals surface area (Å²) in [5.74, 6) is 0.477. The zero-order valence-corrected chi connectivity index (χ0v) is 6.59. The van der Waals surface area contributed by atoms with Crippen molar-refractivity contribution >= 4 is 0 Å². The summed E-state index contributed by atoms with van der Waals surface area (Å²) in [6.07, 6.45) is 1.08. The third kappa shape index (κ3) is 2.82. The standard InChI is InChI=1S/C7H18N2/c1-4-7(5(2)8)6(3)9/h5-7H,4,8-9H2,1-3H3/t5-,6?,7?/m1/s1. The predicted molar refractivity (Wildman–Crippen MR) is 41.1 cm³/mol. The Morgan fingerprint density at radius 1 is 1.11 bits per heavy atom. The minimum Gasteiger partial charge on any atom is -0.328 e. The fraction of sp³-hybridized carbons (Fsp3) is 1.00. The van der Waals surface area contributed by atoms with Crippen LogP contribution < -0.4 is 11.5 Å².